The molecule has 2 aromatic rings. The first-order valence-corrected chi connectivity index (χ1v) is 7.55. The zero-order chi connectivity index (χ0) is 13.7. The van der Waals surface area contributed by atoms with Crippen molar-refractivity contribution in [2.45, 2.75) is 5.75 Å². The van der Waals surface area contributed by atoms with E-state index in [4.69, 9.17) is 10.2 Å². The summed E-state index contributed by atoms with van der Waals surface area (Å²) in [5.41, 5.74) is 7.01. The molecule has 2 rings (SSSR count). The Morgan fingerprint density at radius 2 is 2.26 bits per heavy atom. The maximum absolute atomic E-state index is 11.8. The van der Waals surface area contributed by atoms with Crippen LogP contribution in [0.3, 0.4) is 0 Å². The number of nitrogens with one attached hydrogen (secondary N) is 1. The monoisotopic (exact) mass is 340 g/mol. The number of thioether (sulfide) groups is 1. The molecule has 0 saturated carbocycles. The molecule has 0 aliphatic carbocycles. The highest BCUT2D eigenvalue weighted by Gasteiger charge is 2.06. The van der Waals surface area contributed by atoms with Gasteiger partial charge in [-0.3, -0.25) is 4.79 Å². The van der Waals surface area contributed by atoms with Gasteiger partial charge in [0.05, 0.1) is 23.5 Å². The van der Waals surface area contributed by atoms with E-state index in [2.05, 4.69) is 21.2 Å². The van der Waals surface area contributed by atoms with E-state index in [9.17, 15) is 4.79 Å². The topological polar surface area (TPSA) is 68.3 Å². The van der Waals surface area contributed by atoms with Crippen molar-refractivity contribution in [2.75, 3.05) is 16.8 Å². The van der Waals surface area contributed by atoms with Crippen LogP contribution >= 0.6 is 27.7 Å². The van der Waals surface area contributed by atoms with Crippen LogP contribution in [0.1, 0.15) is 5.76 Å². The van der Waals surface area contributed by atoms with Crippen LogP contribution in [0, 0.1) is 0 Å². The van der Waals surface area contributed by atoms with E-state index < -0.39 is 0 Å². The highest BCUT2D eigenvalue weighted by atomic mass is 79.9. The second kappa shape index (κ2) is 6.68. The van der Waals surface area contributed by atoms with Crippen molar-refractivity contribution in [1.29, 1.82) is 0 Å². The van der Waals surface area contributed by atoms with E-state index in [1.165, 1.54) is 11.8 Å². The van der Waals surface area contributed by atoms with Crippen molar-refractivity contribution in [2.24, 2.45) is 0 Å². The summed E-state index contributed by atoms with van der Waals surface area (Å²) in [6.45, 7) is 0. The number of hydrogen-bond acceptors (Lipinski definition) is 4. The summed E-state index contributed by atoms with van der Waals surface area (Å²) >= 11 is 4.86. The number of rotatable bonds is 5. The van der Waals surface area contributed by atoms with Crippen molar-refractivity contribution < 1.29 is 9.21 Å². The number of carbonyl (C=O) groups excluding carboxylic acids is 1. The molecule has 19 heavy (non-hydrogen) atoms. The number of amides is 1. The normalized spacial score (nSPS) is 10.4. The molecule has 0 radical (unpaired) electrons. The van der Waals surface area contributed by atoms with Crippen LogP contribution in [-0.2, 0) is 10.5 Å². The Balaban J connectivity index is 1.80. The number of halogens is 1. The SMILES string of the molecule is Nc1ccc(NC(=O)CSCc2ccco2)c(Br)c1. The molecule has 0 unspecified atom stereocenters. The molecule has 0 fully saturated rings. The summed E-state index contributed by atoms with van der Waals surface area (Å²) in [4.78, 5) is 11.8. The zero-order valence-electron chi connectivity index (χ0n) is 10.1. The molecule has 1 amide bonds. The molecule has 6 heteroatoms. The van der Waals surface area contributed by atoms with Gasteiger partial charge in [0.1, 0.15) is 5.76 Å². The molecule has 0 bridgehead atoms. The van der Waals surface area contributed by atoms with Gasteiger partial charge >= 0.3 is 0 Å². The Morgan fingerprint density at radius 3 is 2.95 bits per heavy atom. The van der Waals surface area contributed by atoms with Crippen molar-refractivity contribution in [1.82, 2.24) is 0 Å². The lowest BCUT2D eigenvalue weighted by Crippen LogP contribution is -2.14. The van der Waals surface area contributed by atoms with Crippen molar-refractivity contribution in [3.63, 3.8) is 0 Å². The molecular formula is C13H13BrN2O2S. The molecule has 0 aliphatic heterocycles. The first kappa shape index (κ1) is 14.0. The number of hydrogen-bond donors (Lipinski definition) is 2. The van der Waals surface area contributed by atoms with Crippen LogP contribution in [0.2, 0.25) is 0 Å². The van der Waals surface area contributed by atoms with Crippen molar-refractivity contribution >= 4 is 45.0 Å². The van der Waals surface area contributed by atoms with Crippen molar-refractivity contribution in [3.8, 4) is 0 Å². The second-order valence-electron chi connectivity index (χ2n) is 3.86. The van der Waals surface area contributed by atoms with Crippen LogP contribution in [0.25, 0.3) is 0 Å². The maximum Gasteiger partial charge on any atom is 0.234 e. The fourth-order valence-corrected chi connectivity index (χ4v) is 2.68. The van der Waals surface area contributed by atoms with E-state index in [0.29, 0.717) is 17.2 Å². The summed E-state index contributed by atoms with van der Waals surface area (Å²) in [7, 11) is 0. The van der Waals surface area contributed by atoms with Gasteiger partial charge in [0.15, 0.2) is 0 Å². The highest BCUT2D eigenvalue weighted by Crippen LogP contribution is 2.24. The summed E-state index contributed by atoms with van der Waals surface area (Å²) in [5, 5.41) is 2.82. The van der Waals surface area contributed by atoms with Crippen LogP contribution < -0.4 is 11.1 Å². The molecule has 0 aliphatic rings. The van der Waals surface area contributed by atoms with E-state index in [1.807, 2.05) is 12.1 Å². The maximum atomic E-state index is 11.8. The molecule has 1 aromatic carbocycles. The number of benzene rings is 1. The predicted octanol–water partition coefficient (Wildman–Crippen LogP) is 3.50. The molecule has 0 spiro atoms. The predicted molar refractivity (Wildman–Crippen MR) is 82.1 cm³/mol. The number of carbonyl (C=O) groups is 1. The van der Waals surface area contributed by atoms with E-state index in [0.717, 1.165) is 15.9 Å². The summed E-state index contributed by atoms with van der Waals surface area (Å²) in [5.74, 6) is 1.87. The minimum atomic E-state index is -0.0537. The smallest absolute Gasteiger partial charge is 0.234 e. The number of anilines is 2. The highest BCUT2D eigenvalue weighted by molar-refractivity contribution is 9.10. The minimum Gasteiger partial charge on any atom is -0.468 e. The van der Waals surface area contributed by atoms with Gasteiger partial charge in [-0.25, -0.2) is 0 Å². The Bertz CT molecular complexity index is 558. The summed E-state index contributed by atoms with van der Waals surface area (Å²) in [6.07, 6.45) is 1.63. The lowest BCUT2D eigenvalue weighted by Gasteiger charge is -2.07. The lowest BCUT2D eigenvalue weighted by molar-refractivity contribution is -0.113. The van der Waals surface area contributed by atoms with Gasteiger partial charge < -0.3 is 15.5 Å². The second-order valence-corrected chi connectivity index (χ2v) is 5.70. The van der Waals surface area contributed by atoms with Gasteiger partial charge in [-0.1, -0.05) is 0 Å². The molecule has 4 nitrogen and oxygen atoms in total. The molecule has 3 N–H and O–H groups in total. The van der Waals surface area contributed by atoms with Crippen LogP contribution in [-0.4, -0.2) is 11.7 Å². The Kier molecular flexibility index (Phi) is 4.93. The largest absolute Gasteiger partial charge is 0.468 e. The van der Waals surface area contributed by atoms with Gasteiger partial charge in [-0.15, -0.1) is 11.8 Å². The number of furan rings is 1. The van der Waals surface area contributed by atoms with Gasteiger partial charge in [0.25, 0.3) is 0 Å². The molecule has 0 atom stereocenters. The van der Waals surface area contributed by atoms with E-state index in [-0.39, 0.29) is 5.91 Å². The van der Waals surface area contributed by atoms with Crippen LogP contribution in [0.5, 0.6) is 0 Å². The quantitative estimate of drug-likeness (QED) is 0.817. The number of nitrogens with two attached hydrogens (primary N) is 1. The third-order valence-electron chi connectivity index (χ3n) is 2.32. The Labute approximate surface area is 123 Å². The first-order chi connectivity index (χ1) is 9.15. The lowest BCUT2D eigenvalue weighted by atomic mass is 10.3. The molecular weight excluding hydrogens is 328 g/mol. The average Bonchev–Trinajstić information content (AvgIpc) is 2.86. The fourth-order valence-electron chi connectivity index (χ4n) is 1.46. The Morgan fingerprint density at radius 1 is 1.42 bits per heavy atom. The van der Waals surface area contributed by atoms with Gasteiger partial charge in [-0.05, 0) is 46.3 Å². The van der Waals surface area contributed by atoms with Gasteiger partial charge in [-0.2, -0.15) is 0 Å². The minimum absolute atomic E-state index is 0.0537. The number of nitrogen functional groups attached to an aromatic ring is 1. The third-order valence-corrected chi connectivity index (χ3v) is 3.94. The Hall–Kier alpha value is -1.40. The van der Waals surface area contributed by atoms with Crippen LogP contribution in [0.15, 0.2) is 45.5 Å². The molecule has 100 valence electrons. The zero-order valence-corrected chi connectivity index (χ0v) is 12.5. The van der Waals surface area contributed by atoms with Gasteiger partial charge in [0.2, 0.25) is 5.91 Å². The molecule has 1 heterocycles. The van der Waals surface area contributed by atoms with E-state index >= 15 is 0 Å². The van der Waals surface area contributed by atoms with Gasteiger partial charge in [0, 0.05) is 10.2 Å². The molecule has 0 saturated heterocycles. The fraction of sp³-hybridized carbons (Fsp3) is 0.154. The average molecular weight is 341 g/mol. The summed E-state index contributed by atoms with van der Waals surface area (Å²) in [6, 6.07) is 9.00. The summed E-state index contributed by atoms with van der Waals surface area (Å²) < 4.78 is 5.97. The van der Waals surface area contributed by atoms with Crippen LogP contribution in [0.4, 0.5) is 11.4 Å². The third kappa shape index (κ3) is 4.33. The van der Waals surface area contributed by atoms with Crippen molar-refractivity contribution in [3.05, 3.63) is 46.8 Å². The first-order valence-electron chi connectivity index (χ1n) is 5.60. The standard InChI is InChI=1S/C13H13BrN2O2S/c14-11-6-9(15)3-4-12(11)16-13(17)8-19-7-10-2-1-5-18-10/h1-6H,7-8,15H2,(H,16,17). The molecule has 1 aromatic heterocycles. The van der Waals surface area contributed by atoms with E-state index in [1.54, 1.807) is 24.5 Å².